The third-order valence-electron chi connectivity index (χ3n) is 6.04. The first kappa shape index (κ1) is 24.3. The van der Waals surface area contributed by atoms with E-state index in [0.717, 1.165) is 24.0 Å². The second-order valence-electron chi connectivity index (χ2n) is 8.39. The summed E-state index contributed by atoms with van der Waals surface area (Å²) in [7, 11) is 0. The van der Waals surface area contributed by atoms with Gasteiger partial charge in [-0.25, -0.2) is 22.0 Å². The SMILES string of the molecule is Cc1ncc(C2CCc3c(F)cccc3N(Cc3c(F)cc(Br)cc3F)C2=O)cc1C(C)(F)F. The molecule has 0 bridgehead atoms. The van der Waals surface area contributed by atoms with Crippen LogP contribution >= 0.6 is 15.9 Å². The van der Waals surface area contributed by atoms with E-state index >= 15 is 0 Å². The van der Waals surface area contributed by atoms with Crippen molar-refractivity contribution in [3.63, 3.8) is 0 Å². The highest BCUT2D eigenvalue weighted by Gasteiger charge is 2.35. The first-order valence-electron chi connectivity index (χ1n) is 10.5. The largest absolute Gasteiger partial charge is 0.307 e. The molecular formula is C25H20BrF5N2O. The average Bonchev–Trinajstić information content (AvgIpc) is 2.88. The van der Waals surface area contributed by atoms with E-state index in [2.05, 4.69) is 20.9 Å². The first-order valence-corrected chi connectivity index (χ1v) is 11.3. The topological polar surface area (TPSA) is 33.2 Å². The molecule has 0 saturated heterocycles. The van der Waals surface area contributed by atoms with Crippen LogP contribution in [0.25, 0.3) is 0 Å². The number of nitrogens with zero attached hydrogens (tertiary/aromatic N) is 2. The number of carbonyl (C=O) groups is 1. The molecule has 0 fully saturated rings. The van der Waals surface area contributed by atoms with Gasteiger partial charge in [-0.1, -0.05) is 22.0 Å². The molecule has 3 nitrogen and oxygen atoms in total. The molecule has 0 aliphatic carbocycles. The molecule has 34 heavy (non-hydrogen) atoms. The predicted octanol–water partition coefficient (Wildman–Crippen LogP) is 6.94. The van der Waals surface area contributed by atoms with Crippen molar-refractivity contribution in [2.75, 3.05) is 4.90 Å². The fraction of sp³-hybridized carbons (Fsp3) is 0.280. The van der Waals surface area contributed by atoms with Crippen molar-refractivity contribution in [1.29, 1.82) is 0 Å². The van der Waals surface area contributed by atoms with Crippen LogP contribution in [0.15, 0.2) is 47.1 Å². The Balaban J connectivity index is 1.83. The minimum atomic E-state index is -3.18. The van der Waals surface area contributed by atoms with E-state index in [0.29, 0.717) is 0 Å². The zero-order chi connectivity index (χ0) is 24.8. The molecule has 0 radical (unpaired) electrons. The molecule has 1 aliphatic rings. The smallest absolute Gasteiger partial charge is 0.272 e. The van der Waals surface area contributed by atoms with Gasteiger partial charge in [-0.2, -0.15) is 0 Å². The second kappa shape index (κ2) is 9.09. The van der Waals surface area contributed by atoms with Gasteiger partial charge in [0.15, 0.2) is 0 Å². The fourth-order valence-corrected chi connectivity index (χ4v) is 4.71. The number of carbonyl (C=O) groups excluding carboxylic acids is 1. The van der Waals surface area contributed by atoms with E-state index in [1.54, 1.807) is 0 Å². The van der Waals surface area contributed by atoms with Crippen molar-refractivity contribution in [2.45, 2.75) is 45.1 Å². The Labute approximate surface area is 201 Å². The minimum Gasteiger partial charge on any atom is -0.307 e. The van der Waals surface area contributed by atoms with E-state index in [1.165, 1.54) is 37.4 Å². The number of alkyl halides is 2. The van der Waals surface area contributed by atoms with Crippen LogP contribution in [0, 0.1) is 24.4 Å². The third-order valence-corrected chi connectivity index (χ3v) is 6.50. The number of pyridine rings is 1. The number of rotatable bonds is 4. The van der Waals surface area contributed by atoms with Gasteiger partial charge < -0.3 is 4.90 Å². The lowest BCUT2D eigenvalue weighted by atomic mass is 9.91. The Morgan fingerprint density at radius 1 is 1.12 bits per heavy atom. The van der Waals surface area contributed by atoms with Gasteiger partial charge in [0, 0.05) is 40.0 Å². The maximum Gasteiger partial charge on any atom is 0.272 e. The van der Waals surface area contributed by atoms with Crippen LogP contribution in [0.4, 0.5) is 27.6 Å². The zero-order valence-electron chi connectivity index (χ0n) is 18.3. The predicted molar refractivity (Wildman–Crippen MR) is 121 cm³/mol. The van der Waals surface area contributed by atoms with Gasteiger partial charge in [-0.15, -0.1) is 0 Å². The minimum absolute atomic E-state index is 0.119. The van der Waals surface area contributed by atoms with Gasteiger partial charge in [-0.3, -0.25) is 9.78 Å². The van der Waals surface area contributed by atoms with Gasteiger partial charge in [0.1, 0.15) is 17.5 Å². The van der Waals surface area contributed by atoms with Gasteiger partial charge in [0.05, 0.1) is 18.2 Å². The zero-order valence-corrected chi connectivity index (χ0v) is 19.9. The van der Waals surface area contributed by atoms with Gasteiger partial charge in [0.25, 0.3) is 5.92 Å². The lowest BCUT2D eigenvalue weighted by molar-refractivity contribution is -0.120. The number of aromatic nitrogens is 1. The number of aryl methyl sites for hydroxylation is 1. The van der Waals surface area contributed by atoms with Crippen LogP contribution < -0.4 is 4.90 Å². The molecular weight excluding hydrogens is 519 g/mol. The Morgan fingerprint density at radius 3 is 2.44 bits per heavy atom. The number of amides is 1. The highest BCUT2D eigenvalue weighted by Crippen LogP contribution is 2.38. The second-order valence-corrected chi connectivity index (χ2v) is 9.31. The molecule has 178 valence electrons. The Hall–Kier alpha value is -2.81. The summed E-state index contributed by atoms with van der Waals surface area (Å²) in [6, 6.07) is 7.54. The van der Waals surface area contributed by atoms with Crippen LogP contribution in [0.1, 0.15) is 47.2 Å². The number of fused-ring (bicyclic) bond motifs is 1. The number of hydrogen-bond acceptors (Lipinski definition) is 2. The van der Waals surface area contributed by atoms with Crippen molar-refractivity contribution in [3.8, 4) is 0 Å². The summed E-state index contributed by atoms with van der Waals surface area (Å²) in [4.78, 5) is 18.9. The van der Waals surface area contributed by atoms with E-state index < -0.39 is 41.7 Å². The third kappa shape index (κ3) is 4.58. The molecule has 1 unspecified atom stereocenters. The van der Waals surface area contributed by atoms with Crippen molar-refractivity contribution >= 4 is 27.5 Å². The molecule has 2 aromatic carbocycles. The Morgan fingerprint density at radius 2 is 1.79 bits per heavy atom. The van der Waals surface area contributed by atoms with Gasteiger partial charge in [-0.05, 0) is 55.7 Å². The Bertz CT molecular complexity index is 1250. The summed E-state index contributed by atoms with van der Waals surface area (Å²) < 4.78 is 72.4. The summed E-state index contributed by atoms with van der Waals surface area (Å²) in [6.07, 6.45) is 1.60. The van der Waals surface area contributed by atoms with Gasteiger partial charge >= 0.3 is 0 Å². The molecule has 1 atom stereocenters. The molecule has 4 rings (SSSR count). The summed E-state index contributed by atoms with van der Waals surface area (Å²) in [5.74, 6) is -7.02. The van der Waals surface area contributed by atoms with E-state index in [9.17, 15) is 26.7 Å². The number of halogens is 6. The number of hydrogen-bond donors (Lipinski definition) is 0. The molecule has 9 heteroatoms. The molecule has 3 aromatic rings. The van der Waals surface area contributed by atoms with E-state index in [1.807, 2.05) is 0 Å². The van der Waals surface area contributed by atoms with Crippen LogP contribution in [0.5, 0.6) is 0 Å². The average molecular weight is 539 g/mol. The summed E-state index contributed by atoms with van der Waals surface area (Å²) in [5.41, 5.74) is 0.0924. The summed E-state index contributed by atoms with van der Waals surface area (Å²) >= 11 is 3.02. The fourth-order valence-electron chi connectivity index (χ4n) is 4.30. The molecule has 1 amide bonds. The maximum atomic E-state index is 14.7. The summed E-state index contributed by atoms with van der Waals surface area (Å²) in [6.45, 7) is 1.70. The van der Waals surface area contributed by atoms with E-state index in [-0.39, 0.29) is 50.9 Å². The molecule has 0 saturated carbocycles. The lowest BCUT2D eigenvalue weighted by Crippen LogP contribution is -2.35. The van der Waals surface area contributed by atoms with E-state index in [4.69, 9.17) is 0 Å². The first-order chi connectivity index (χ1) is 16.0. The van der Waals surface area contributed by atoms with Crippen LogP contribution in [0.2, 0.25) is 0 Å². The molecule has 0 N–H and O–H groups in total. The van der Waals surface area contributed by atoms with Crippen LogP contribution in [0.3, 0.4) is 0 Å². The number of benzene rings is 2. The quantitative estimate of drug-likeness (QED) is 0.337. The molecule has 2 heterocycles. The van der Waals surface area contributed by atoms with Crippen LogP contribution in [-0.2, 0) is 23.7 Å². The normalized spacial score (nSPS) is 16.4. The molecule has 0 spiro atoms. The number of anilines is 1. The molecule has 1 aliphatic heterocycles. The molecule has 1 aromatic heterocycles. The highest BCUT2D eigenvalue weighted by atomic mass is 79.9. The highest BCUT2D eigenvalue weighted by molar-refractivity contribution is 9.10. The monoisotopic (exact) mass is 538 g/mol. The summed E-state index contributed by atoms with van der Waals surface area (Å²) in [5, 5.41) is 0. The van der Waals surface area contributed by atoms with Gasteiger partial charge in [0.2, 0.25) is 5.91 Å². The Kier molecular flexibility index (Phi) is 6.50. The van der Waals surface area contributed by atoms with Crippen LogP contribution in [-0.4, -0.2) is 10.9 Å². The lowest BCUT2D eigenvalue weighted by Gasteiger charge is -2.27. The standard InChI is InChI=1S/C25H20BrF5N2O/c1-13-19(25(2,30)31)8-14(11-32-13)16-6-7-17-20(27)4-3-5-23(17)33(24(16)34)12-18-21(28)9-15(26)10-22(18)29/h3-5,8-11,16H,6-7,12H2,1-2H3. The van der Waals surface area contributed by atoms with Crippen molar-refractivity contribution in [2.24, 2.45) is 0 Å². The maximum absolute atomic E-state index is 14.7. The van der Waals surface area contributed by atoms with Crippen molar-refractivity contribution in [1.82, 2.24) is 4.98 Å². The van der Waals surface area contributed by atoms with Crippen molar-refractivity contribution in [3.05, 3.63) is 92.5 Å². The van der Waals surface area contributed by atoms with Crippen molar-refractivity contribution < 1.29 is 26.7 Å².